The van der Waals surface area contributed by atoms with E-state index in [0.717, 1.165) is 5.56 Å². The molecule has 0 spiro atoms. The van der Waals surface area contributed by atoms with Gasteiger partial charge in [0.15, 0.2) is 0 Å². The lowest BCUT2D eigenvalue weighted by Crippen LogP contribution is -2.34. The molecule has 0 aliphatic heterocycles. The molecule has 1 aromatic heterocycles. The molecule has 126 valence electrons. The highest BCUT2D eigenvalue weighted by Gasteiger charge is 2.23. The van der Waals surface area contributed by atoms with Crippen LogP contribution < -0.4 is 0 Å². The number of amides is 1. The Morgan fingerprint density at radius 2 is 1.79 bits per heavy atom. The fourth-order valence-corrected chi connectivity index (χ4v) is 2.43. The minimum Gasteiger partial charge on any atom is -0.464 e. The second kappa shape index (κ2) is 7.68. The van der Waals surface area contributed by atoms with Gasteiger partial charge in [-0.25, -0.2) is 14.2 Å². The van der Waals surface area contributed by atoms with Gasteiger partial charge in [0.2, 0.25) is 0 Å². The predicted molar refractivity (Wildman–Crippen MR) is 87.1 cm³/mol. The molecule has 0 saturated carbocycles. The molecule has 0 unspecified atom stereocenters. The largest absolute Gasteiger partial charge is 0.464 e. The molecular formula is C18H19FN2O3. The zero-order chi connectivity index (χ0) is 17.7. The maximum absolute atomic E-state index is 13.1. The maximum Gasteiger partial charge on any atom is 0.356 e. The summed E-state index contributed by atoms with van der Waals surface area (Å²) < 4.78 is 17.7. The topological polar surface area (TPSA) is 59.5 Å². The number of aromatic nitrogens is 1. The Labute approximate surface area is 140 Å². The van der Waals surface area contributed by atoms with Gasteiger partial charge in [-0.1, -0.05) is 18.2 Å². The summed E-state index contributed by atoms with van der Waals surface area (Å²) in [5, 5.41) is 0. The molecule has 2 rings (SSSR count). The molecule has 0 fully saturated rings. The second-order valence-corrected chi connectivity index (χ2v) is 5.22. The highest BCUT2D eigenvalue weighted by Crippen LogP contribution is 2.22. The van der Waals surface area contributed by atoms with Crippen LogP contribution in [0.2, 0.25) is 0 Å². The van der Waals surface area contributed by atoms with Crippen molar-refractivity contribution in [1.29, 1.82) is 0 Å². The fourth-order valence-electron chi connectivity index (χ4n) is 2.43. The molecule has 2 aromatic rings. The normalized spacial score (nSPS) is 11.7. The summed E-state index contributed by atoms with van der Waals surface area (Å²) in [5.41, 5.74) is 1.05. The Balaban J connectivity index is 2.28. The van der Waals surface area contributed by atoms with E-state index in [1.165, 1.54) is 25.3 Å². The molecule has 0 radical (unpaired) electrons. The molecule has 6 heteroatoms. The number of hydrogen-bond acceptors (Lipinski definition) is 4. The third kappa shape index (κ3) is 3.76. The van der Waals surface area contributed by atoms with Crippen molar-refractivity contribution >= 4 is 11.9 Å². The number of carbonyl (C=O) groups excluding carboxylic acids is 2. The van der Waals surface area contributed by atoms with Crippen molar-refractivity contribution in [2.24, 2.45) is 0 Å². The van der Waals surface area contributed by atoms with Gasteiger partial charge in [0.25, 0.3) is 5.91 Å². The molecule has 0 aliphatic carbocycles. The van der Waals surface area contributed by atoms with Gasteiger partial charge in [-0.05, 0) is 43.7 Å². The van der Waals surface area contributed by atoms with Crippen LogP contribution in [0.15, 0.2) is 42.5 Å². The fraction of sp³-hybridized carbons (Fsp3) is 0.278. The van der Waals surface area contributed by atoms with Crippen molar-refractivity contribution < 1.29 is 18.7 Å². The van der Waals surface area contributed by atoms with E-state index in [-0.39, 0.29) is 29.2 Å². The van der Waals surface area contributed by atoms with Crippen LogP contribution in [-0.2, 0) is 4.74 Å². The Morgan fingerprint density at radius 1 is 1.17 bits per heavy atom. The number of benzene rings is 1. The monoisotopic (exact) mass is 330 g/mol. The van der Waals surface area contributed by atoms with Crippen LogP contribution in [-0.4, -0.2) is 35.4 Å². The molecule has 24 heavy (non-hydrogen) atoms. The van der Waals surface area contributed by atoms with Gasteiger partial charge in [0, 0.05) is 6.54 Å². The number of halogens is 1. The van der Waals surface area contributed by atoms with Crippen molar-refractivity contribution in [2.75, 3.05) is 13.7 Å². The maximum atomic E-state index is 13.1. The summed E-state index contributed by atoms with van der Waals surface area (Å²) in [6.07, 6.45) is 0. The van der Waals surface area contributed by atoms with E-state index in [4.69, 9.17) is 0 Å². The van der Waals surface area contributed by atoms with Gasteiger partial charge >= 0.3 is 5.97 Å². The number of ether oxygens (including phenoxy) is 1. The molecule has 0 saturated heterocycles. The Bertz CT molecular complexity index is 731. The van der Waals surface area contributed by atoms with Crippen LogP contribution in [0, 0.1) is 5.82 Å². The van der Waals surface area contributed by atoms with E-state index < -0.39 is 5.97 Å². The molecular weight excluding hydrogens is 311 g/mol. The molecule has 0 N–H and O–H groups in total. The summed E-state index contributed by atoms with van der Waals surface area (Å²) in [4.78, 5) is 30.0. The van der Waals surface area contributed by atoms with E-state index in [2.05, 4.69) is 9.72 Å². The number of nitrogens with zero attached hydrogens (tertiary/aromatic N) is 2. The van der Waals surface area contributed by atoms with Gasteiger partial charge in [-0.15, -0.1) is 0 Å². The van der Waals surface area contributed by atoms with Crippen molar-refractivity contribution in [3.8, 4) is 0 Å². The Kier molecular flexibility index (Phi) is 5.63. The number of hydrogen-bond donors (Lipinski definition) is 0. The minimum absolute atomic E-state index is 0.0776. The van der Waals surface area contributed by atoms with Gasteiger partial charge in [-0.3, -0.25) is 4.79 Å². The van der Waals surface area contributed by atoms with Crippen molar-refractivity contribution in [1.82, 2.24) is 9.88 Å². The van der Waals surface area contributed by atoms with E-state index in [0.29, 0.717) is 6.54 Å². The number of carbonyl (C=O) groups is 2. The highest BCUT2D eigenvalue weighted by atomic mass is 19.1. The predicted octanol–water partition coefficient (Wildman–Crippen LogP) is 3.23. The summed E-state index contributed by atoms with van der Waals surface area (Å²) in [6.45, 7) is 4.16. The lowest BCUT2D eigenvalue weighted by molar-refractivity contribution is 0.0593. The Morgan fingerprint density at radius 3 is 2.38 bits per heavy atom. The lowest BCUT2D eigenvalue weighted by atomic mass is 10.1. The summed E-state index contributed by atoms with van der Waals surface area (Å²) >= 11 is 0. The van der Waals surface area contributed by atoms with Crippen molar-refractivity contribution in [3.63, 3.8) is 0 Å². The first-order chi connectivity index (χ1) is 11.5. The van der Waals surface area contributed by atoms with E-state index >= 15 is 0 Å². The highest BCUT2D eigenvalue weighted by molar-refractivity contribution is 5.94. The Hall–Kier alpha value is -2.76. The van der Waals surface area contributed by atoms with E-state index in [9.17, 15) is 14.0 Å². The van der Waals surface area contributed by atoms with Crippen molar-refractivity contribution in [3.05, 3.63) is 65.2 Å². The zero-order valence-electron chi connectivity index (χ0n) is 13.8. The van der Waals surface area contributed by atoms with Crippen LogP contribution >= 0.6 is 0 Å². The summed E-state index contributed by atoms with van der Waals surface area (Å²) in [7, 11) is 1.26. The average Bonchev–Trinajstić information content (AvgIpc) is 2.62. The van der Waals surface area contributed by atoms with Crippen LogP contribution in [0.25, 0.3) is 0 Å². The first-order valence-electron chi connectivity index (χ1n) is 7.59. The summed E-state index contributed by atoms with van der Waals surface area (Å²) in [6, 6.07) is 10.4. The van der Waals surface area contributed by atoms with Gasteiger partial charge in [0.05, 0.1) is 13.2 Å². The quantitative estimate of drug-likeness (QED) is 0.790. The van der Waals surface area contributed by atoms with Gasteiger partial charge < -0.3 is 9.64 Å². The average molecular weight is 330 g/mol. The molecule has 1 aromatic carbocycles. The number of esters is 1. The molecule has 1 heterocycles. The van der Waals surface area contributed by atoms with E-state index in [1.807, 2.05) is 13.8 Å². The third-order valence-corrected chi connectivity index (χ3v) is 3.78. The van der Waals surface area contributed by atoms with E-state index in [1.54, 1.807) is 29.2 Å². The third-order valence-electron chi connectivity index (χ3n) is 3.78. The summed E-state index contributed by atoms with van der Waals surface area (Å²) in [5.74, 6) is -1.23. The van der Waals surface area contributed by atoms with Crippen LogP contribution in [0.4, 0.5) is 4.39 Å². The van der Waals surface area contributed by atoms with Crippen molar-refractivity contribution in [2.45, 2.75) is 19.9 Å². The molecule has 1 amide bonds. The minimum atomic E-state index is -0.598. The number of pyridine rings is 1. The van der Waals surface area contributed by atoms with Gasteiger partial charge in [0.1, 0.15) is 17.2 Å². The lowest BCUT2D eigenvalue weighted by Gasteiger charge is -2.28. The first-order valence-corrected chi connectivity index (χ1v) is 7.59. The zero-order valence-corrected chi connectivity index (χ0v) is 13.8. The molecule has 0 aliphatic rings. The second-order valence-electron chi connectivity index (χ2n) is 5.22. The first kappa shape index (κ1) is 17.6. The van der Waals surface area contributed by atoms with Crippen LogP contribution in [0.5, 0.6) is 0 Å². The number of rotatable bonds is 5. The standard InChI is InChI=1S/C18H19FN2O3/c1-4-21(12(2)13-8-10-14(19)11-9-13)17(22)15-6-5-7-16(20-15)18(23)24-3/h5-12H,4H2,1-3H3/t12-/m0/s1. The van der Waals surface area contributed by atoms with Crippen LogP contribution in [0.1, 0.15) is 46.4 Å². The molecule has 1 atom stereocenters. The van der Waals surface area contributed by atoms with Crippen LogP contribution in [0.3, 0.4) is 0 Å². The van der Waals surface area contributed by atoms with Gasteiger partial charge in [-0.2, -0.15) is 0 Å². The SMILES string of the molecule is CCN(C(=O)c1cccc(C(=O)OC)n1)[C@@H](C)c1ccc(F)cc1. The molecule has 5 nitrogen and oxygen atoms in total. The number of methoxy groups -OCH3 is 1. The smallest absolute Gasteiger partial charge is 0.356 e. The molecule has 0 bridgehead atoms.